The lowest BCUT2D eigenvalue weighted by atomic mass is 10.2. The van der Waals surface area contributed by atoms with Crippen LogP contribution in [0, 0.1) is 0 Å². The molecule has 0 aliphatic heterocycles. The Morgan fingerprint density at radius 2 is 2.00 bits per heavy atom. The molecule has 1 aromatic heterocycles. The third-order valence-corrected chi connectivity index (χ3v) is 3.08. The standard InChI is InChI=1S/C12H8Cl2F3N3O2/c13-7-2-1-6(8(14)3-7)5-18-11(21)19-10-4-9(20-22-10)12(15,16)17/h1-4H,5H2,(H2,18,19,21). The Morgan fingerprint density at radius 1 is 1.27 bits per heavy atom. The van der Waals surface area contributed by atoms with Crippen molar-refractivity contribution in [3.8, 4) is 0 Å². The summed E-state index contributed by atoms with van der Waals surface area (Å²) < 4.78 is 41.3. The molecule has 1 aromatic carbocycles. The van der Waals surface area contributed by atoms with Gasteiger partial charge in [-0.05, 0) is 17.7 Å². The van der Waals surface area contributed by atoms with Gasteiger partial charge in [-0.3, -0.25) is 5.32 Å². The van der Waals surface area contributed by atoms with E-state index in [4.69, 9.17) is 23.2 Å². The highest BCUT2D eigenvalue weighted by Gasteiger charge is 2.35. The van der Waals surface area contributed by atoms with Gasteiger partial charge in [-0.15, -0.1) is 0 Å². The van der Waals surface area contributed by atoms with E-state index in [0.717, 1.165) is 0 Å². The number of hydrogen-bond donors (Lipinski definition) is 2. The minimum absolute atomic E-state index is 0.0576. The highest BCUT2D eigenvalue weighted by molar-refractivity contribution is 6.35. The van der Waals surface area contributed by atoms with Crippen LogP contribution in [-0.4, -0.2) is 11.2 Å². The Kier molecular flexibility index (Phi) is 4.82. The first-order chi connectivity index (χ1) is 10.3. The summed E-state index contributed by atoms with van der Waals surface area (Å²) in [7, 11) is 0. The zero-order valence-corrected chi connectivity index (χ0v) is 12.2. The maximum atomic E-state index is 12.3. The number of anilines is 1. The van der Waals surface area contributed by atoms with Gasteiger partial charge in [-0.1, -0.05) is 34.4 Å². The lowest BCUT2D eigenvalue weighted by Crippen LogP contribution is -2.28. The fourth-order valence-electron chi connectivity index (χ4n) is 1.46. The summed E-state index contributed by atoms with van der Waals surface area (Å²) in [5.41, 5.74) is -0.640. The molecular formula is C12H8Cl2F3N3O2. The number of benzene rings is 1. The number of urea groups is 1. The molecule has 0 spiro atoms. The van der Waals surface area contributed by atoms with Crippen molar-refractivity contribution < 1.29 is 22.5 Å². The van der Waals surface area contributed by atoms with E-state index < -0.39 is 23.8 Å². The second kappa shape index (κ2) is 6.45. The van der Waals surface area contributed by atoms with E-state index in [1.54, 1.807) is 12.1 Å². The molecule has 118 valence electrons. The number of carbonyl (C=O) groups is 1. The fourth-order valence-corrected chi connectivity index (χ4v) is 1.94. The topological polar surface area (TPSA) is 67.2 Å². The first-order valence-electron chi connectivity index (χ1n) is 5.78. The van der Waals surface area contributed by atoms with Crippen LogP contribution in [0.1, 0.15) is 11.3 Å². The van der Waals surface area contributed by atoms with Crippen molar-refractivity contribution in [2.24, 2.45) is 0 Å². The predicted octanol–water partition coefficient (Wildman–Crippen LogP) is 4.32. The van der Waals surface area contributed by atoms with Crippen LogP contribution in [0.2, 0.25) is 10.0 Å². The van der Waals surface area contributed by atoms with Crippen LogP contribution >= 0.6 is 23.2 Å². The molecule has 1 heterocycles. The summed E-state index contributed by atoms with van der Waals surface area (Å²) >= 11 is 11.6. The molecule has 2 rings (SSSR count). The van der Waals surface area contributed by atoms with E-state index in [-0.39, 0.29) is 6.54 Å². The minimum atomic E-state index is -4.64. The lowest BCUT2D eigenvalue weighted by Gasteiger charge is -2.07. The summed E-state index contributed by atoms with van der Waals surface area (Å²) in [5.74, 6) is -0.424. The smallest absolute Gasteiger partial charge is 0.338 e. The molecule has 0 unspecified atom stereocenters. The van der Waals surface area contributed by atoms with Crippen molar-refractivity contribution in [2.75, 3.05) is 5.32 Å². The zero-order valence-electron chi connectivity index (χ0n) is 10.7. The lowest BCUT2D eigenvalue weighted by molar-refractivity contribution is -0.142. The number of alkyl halides is 3. The molecule has 0 saturated carbocycles. The van der Waals surface area contributed by atoms with Crippen molar-refractivity contribution in [1.82, 2.24) is 10.5 Å². The van der Waals surface area contributed by atoms with E-state index in [2.05, 4.69) is 20.3 Å². The predicted molar refractivity (Wildman–Crippen MR) is 73.8 cm³/mol. The van der Waals surface area contributed by atoms with E-state index in [9.17, 15) is 18.0 Å². The molecule has 10 heteroatoms. The fraction of sp³-hybridized carbons (Fsp3) is 0.167. The number of nitrogens with one attached hydrogen (secondary N) is 2. The van der Waals surface area contributed by atoms with Gasteiger partial charge in [0.2, 0.25) is 5.88 Å². The summed E-state index contributed by atoms with van der Waals surface area (Å²) in [6.07, 6.45) is -4.64. The Bertz CT molecular complexity index is 688. The van der Waals surface area contributed by atoms with Gasteiger partial charge in [0.05, 0.1) is 0 Å². The summed E-state index contributed by atoms with van der Waals surface area (Å²) in [6.45, 7) is 0.0576. The van der Waals surface area contributed by atoms with Gasteiger partial charge < -0.3 is 9.84 Å². The third kappa shape index (κ3) is 4.28. The number of nitrogens with zero attached hydrogens (tertiary/aromatic N) is 1. The normalized spacial score (nSPS) is 11.3. The quantitative estimate of drug-likeness (QED) is 0.863. The molecule has 0 aliphatic rings. The SMILES string of the molecule is O=C(NCc1ccc(Cl)cc1Cl)Nc1cc(C(F)(F)F)no1. The number of carbonyl (C=O) groups excluding carboxylic acids is 1. The second-order valence-corrected chi connectivity index (χ2v) is 4.96. The summed E-state index contributed by atoms with van der Waals surface area (Å²) in [5, 5.41) is 8.10. The van der Waals surface area contributed by atoms with Crippen LogP contribution in [0.15, 0.2) is 28.8 Å². The van der Waals surface area contributed by atoms with Gasteiger partial charge in [0, 0.05) is 22.7 Å². The largest absolute Gasteiger partial charge is 0.436 e. The Hall–Kier alpha value is -1.93. The molecule has 2 amide bonds. The monoisotopic (exact) mass is 353 g/mol. The van der Waals surface area contributed by atoms with Gasteiger partial charge in [0.25, 0.3) is 0 Å². The highest BCUT2D eigenvalue weighted by Crippen LogP contribution is 2.29. The van der Waals surface area contributed by atoms with Crippen molar-refractivity contribution in [3.05, 3.63) is 45.6 Å². The second-order valence-electron chi connectivity index (χ2n) is 4.12. The van der Waals surface area contributed by atoms with E-state index in [1.807, 2.05) is 0 Å². The van der Waals surface area contributed by atoms with Gasteiger partial charge in [-0.25, -0.2) is 4.79 Å². The van der Waals surface area contributed by atoms with Crippen LogP contribution in [0.25, 0.3) is 0 Å². The maximum Gasteiger partial charge on any atom is 0.436 e. The summed E-state index contributed by atoms with van der Waals surface area (Å²) in [6, 6.07) is 4.52. The van der Waals surface area contributed by atoms with E-state index >= 15 is 0 Å². The van der Waals surface area contributed by atoms with Crippen LogP contribution in [0.5, 0.6) is 0 Å². The van der Waals surface area contributed by atoms with Crippen LogP contribution < -0.4 is 10.6 Å². The number of rotatable bonds is 3. The van der Waals surface area contributed by atoms with E-state index in [0.29, 0.717) is 21.7 Å². The number of halogens is 5. The molecule has 22 heavy (non-hydrogen) atoms. The van der Waals surface area contributed by atoms with Gasteiger partial charge in [-0.2, -0.15) is 13.2 Å². The average molecular weight is 354 g/mol. The first-order valence-corrected chi connectivity index (χ1v) is 6.54. The van der Waals surface area contributed by atoms with Gasteiger partial charge in [0.1, 0.15) is 0 Å². The molecule has 0 bridgehead atoms. The molecule has 0 saturated heterocycles. The van der Waals surface area contributed by atoms with Crippen molar-refractivity contribution in [3.63, 3.8) is 0 Å². The molecule has 0 aliphatic carbocycles. The molecule has 0 fully saturated rings. The molecular weight excluding hydrogens is 346 g/mol. The van der Waals surface area contributed by atoms with Crippen LogP contribution in [-0.2, 0) is 12.7 Å². The number of aromatic nitrogens is 1. The summed E-state index contributed by atoms with van der Waals surface area (Å²) in [4.78, 5) is 11.6. The van der Waals surface area contributed by atoms with Crippen molar-refractivity contribution in [1.29, 1.82) is 0 Å². The molecule has 5 nitrogen and oxygen atoms in total. The Morgan fingerprint density at radius 3 is 2.59 bits per heavy atom. The van der Waals surface area contributed by atoms with Crippen LogP contribution in [0.3, 0.4) is 0 Å². The molecule has 0 atom stereocenters. The Labute approximate surface area is 132 Å². The van der Waals surface area contributed by atoms with Crippen molar-refractivity contribution >= 4 is 35.1 Å². The van der Waals surface area contributed by atoms with Crippen molar-refractivity contribution in [2.45, 2.75) is 12.7 Å². The van der Waals surface area contributed by atoms with E-state index in [1.165, 1.54) is 6.07 Å². The maximum absolute atomic E-state index is 12.3. The first kappa shape index (κ1) is 16.4. The minimum Gasteiger partial charge on any atom is -0.338 e. The number of hydrogen-bond acceptors (Lipinski definition) is 3. The third-order valence-electron chi connectivity index (χ3n) is 2.49. The molecule has 2 N–H and O–H groups in total. The van der Waals surface area contributed by atoms with Gasteiger partial charge >= 0.3 is 12.2 Å². The molecule has 2 aromatic rings. The zero-order chi connectivity index (χ0) is 16.3. The number of amides is 2. The highest BCUT2D eigenvalue weighted by atomic mass is 35.5. The van der Waals surface area contributed by atoms with Crippen LogP contribution in [0.4, 0.5) is 23.8 Å². The van der Waals surface area contributed by atoms with Gasteiger partial charge in [0.15, 0.2) is 5.69 Å². The average Bonchev–Trinajstić information content (AvgIpc) is 2.86. The Balaban J connectivity index is 1.92. The molecule has 0 radical (unpaired) electrons.